The second-order valence-corrected chi connectivity index (χ2v) is 9.03. The number of para-hydroxylation sites is 2. The van der Waals surface area contributed by atoms with Crippen molar-refractivity contribution < 1.29 is 37.4 Å². The van der Waals surface area contributed by atoms with Crippen LogP contribution < -0.4 is 4.90 Å². The van der Waals surface area contributed by atoms with Gasteiger partial charge in [-0.3, -0.25) is 14.7 Å². The first-order chi connectivity index (χ1) is 16.4. The van der Waals surface area contributed by atoms with E-state index >= 15 is 0 Å². The molecular formula is C23H33N2O8P. The van der Waals surface area contributed by atoms with Crippen LogP contribution in [0.1, 0.15) is 41.0 Å². The number of esters is 2. The standard InChI is InChI=1S/C23H33N2O8P/c1-6-29-22(27)20(25-18-14-12-11-13-17(18)24-16-15-19(25)26)21(23(28)30-7-2)34(31-8-3,32-9-4)33-10-5/h11-14,16,20H,6-10,15H2,1-5H3. The molecule has 1 amide bonds. The minimum Gasteiger partial charge on any atom is -0.464 e. The second kappa shape index (κ2) is 13.4. The van der Waals surface area contributed by atoms with Crippen LogP contribution in [0.2, 0.25) is 0 Å². The van der Waals surface area contributed by atoms with E-state index in [2.05, 4.69) is 4.99 Å². The molecule has 0 spiro atoms. The molecule has 1 unspecified atom stereocenters. The number of benzene rings is 1. The maximum Gasteiger partial charge on any atom is 0.343 e. The first-order valence-corrected chi connectivity index (χ1v) is 12.9. The van der Waals surface area contributed by atoms with Gasteiger partial charge in [-0.15, -0.1) is 0 Å². The third-order valence-electron chi connectivity index (χ3n) is 4.61. The molecule has 188 valence electrons. The highest BCUT2D eigenvalue weighted by Gasteiger charge is 2.47. The van der Waals surface area contributed by atoms with Crippen molar-refractivity contribution in [3.05, 3.63) is 24.3 Å². The summed E-state index contributed by atoms with van der Waals surface area (Å²) in [6, 6.07) is 5.28. The Bertz CT molecular complexity index is 938. The number of rotatable bonds is 12. The Morgan fingerprint density at radius 1 is 0.941 bits per heavy atom. The number of nitrogens with zero attached hydrogens (tertiary/aromatic N) is 2. The van der Waals surface area contributed by atoms with Crippen LogP contribution in [0.5, 0.6) is 0 Å². The average Bonchev–Trinajstić information content (AvgIpc) is 2.96. The van der Waals surface area contributed by atoms with Crippen molar-refractivity contribution in [1.29, 1.82) is 0 Å². The zero-order valence-electron chi connectivity index (χ0n) is 20.3. The largest absolute Gasteiger partial charge is 0.464 e. The number of hydrogen-bond donors (Lipinski definition) is 0. The van der Waals surface area contributed by atoms with E-state index in [1.54, 1.807) is 58.9 Å². The number of fused-ring (bicyclic) bond motifs is 1. The van der Waals surface area contributed by atoms with E-state index in [1.165, 1.54) is 11.1 Å². The number of carbonyl (C=O) groups is 3. The topological polar surface area (TPSA) is 113 Å². The molecule has 0 aromatic heterocycles. The molecule has 0 fully saturated rings. The minimum atomic E-state index is -3.64. The highest BCUT2D eigenvalue weighted by atomic mass is 31.2. The Hall–Kier alpha value is -2.52. The van der Waals surface area contributed by atoms with Crippen molar-refractivity contribution in [2.45, 2.75) is 47.1 Å². The normalized spacial score (nSPS) is 14.3. The number of aliphatic imine (C=N–C) groups is 1. The SMILES string of the molecule is CCOC(=O)C(C(C(=O)OCC)N1C(=O)CC=Nc2ccccc21)=P(OCC)(OCC)OCC. The van der Waals surface area contributed by atoms with Gasteiger partial charge in [0.2, 0.25) is 5.91 Å². The Morgan fingerprint density at radius 2 is 1.53 bits per heavy atom. The highest BCUT2D eigenvalue weighted by Crippen LogP contribution is 2.54. The zero-order chi connectivity index (χ0) is 25.1. The van der Waals surface area contributed by atoms with Crippen LogP contribution in [0.15, 0.2) is 29.3 Å². The van der Waals surface area contributed by atoms with Gasteiger partial charge in [-0.2, -0.15) is 0 Å². The fourth-order valence-electron chi connectivity index (χ4n) is 3.48. The molecule has 1 aromatic carbocycles. The quantitative estimate of drug-likeness (QED) is 0.318. The van der Waals surface area contributed by atoms with Gasteiger partial charge >= 0.3 is 11.9 Å². The molecule has 0 aliphatic carbocycles. The second-order valence-electron chi connectivity index (χ2n) is 6.78. The lowest BCUT2D eigenvalue weighted by Crippen LogP contribution is -2.54. The van der Waals surface area contributed by atoms with Crippen LogP contribution in [0, 0.1) is 0 Å². The molecule has 10 nitrogen and oxygen atoms in total. The third kappa shape index (κ3) is 6.13. The van der Waals surface area contributed by atoms with Crippen LogP contribution in [0.3, 0.4) is 0 Å². The van der Waals surface area contributed by atoms with Crippen molar-refractivity contribution in [3.63, 3.8) is 0 Å². The summed E-state index contributed by atoms with van der Waals surface area (Å²) < 4.78 is 28.5. The van der Waals surface area contributed by atoms with Crippen LogP contribution in [-0.2, 0) is 37.4 Å². The number of hydrogen-bond acceptors (Lipinski definition) is 9. The first-order valence-electron chi connectivity index (χ1n) is 11.4. The van der Waals surface area contributed by atoms with Gasteiger partial charge in [-0.05, 0) is 46.8 Å². The molecule has 1 heterocycles. The van der Waals surface area contributed by atoms with Gasteiger partial charge in [-0.1, -0.05) is 12.1 Å². The summed E-state index contributed by atoms with van der Waals surface area (Å²) in [7, 11) is -3.64. The Labute approximate surface area is 200 Å². The van der Waals surface area contributed by atoms with E-state index in [1.807, 2.05) is 0 Å². The molecular weight excluding hydrogens is 463 g/mol. The molecule has 1 atom stereocenters. The van der Waals surface area contributed by atoms with Crippen molar-refractivity contribution >= 4 is 48.3 Å². The van der Waals surface area contributed by atoms with E-state index < -0.39 is 31.5 Å². The molecule has 0 bridgehead atoms. The predicted octanol–water partition coefficient (Wildman–Crippen LogP) is 3.66. The summed E-state index contributed by atoms with van der Waals surface area (Å²) >= 11 is 0. The highest BCUT2D eigenvalue weighted by molar-refractivity contribution is 7.65. The van der Waals surface area contributed by atoms with Crippen LogP contribution >= 0.6 is 7.57 Å². The molecule has 1 aliphatic heterocycles. The number of amides is 1. The minimum absolute atomic E-state index is 0.0228. The van der Waals surface area contributed by atoms with Crippen LogP contribution in [0.25, 0.3) is 0 Å². The third-order valence-corrected chi connectivity index (χ3v) is 7.42. The molecule has 11 heteroatoms. The molecule has 0 radical (unpaired) electrons. The lowest BCUT2D eigenvalue weighted by Gasteiger charge is -2.35. The summed E-state index contributed by atoms with van der Waals surface area (Å²) in [5.41, 5.74) is 0.794. The number of anilines is 1. The molecule has 0 N–H and O–H groups in total. The molecule has 34 heavy (non-hydrogen) atoms. The first kappa shape index (κ1) is 27.7. The van der Waals surface area contributed by atoms with E-state index in [-0.39, 0.29) is 44.7 Å². The summed E-state index contributed by atoms with van der Waals surface area (Å²) in [4.78, 5) is 45.9. The van der Waals surface area contributed by atoms with Gasteiger partial charge in [0.05, 0.1) is 50.8 Å². The lowest BCUT2D eigenvalue weighted by atomic mass is 10.1. The van der Waals surface area contributed by atoms with E-state index in [0.29, 0.717) is 11.4 Å². The molecule has 1 aliphatic rings. The molecule has 2 rings (SSSR count). The lowest BCUT2D eigenvalue weighted by molar-refractivity contribution is -0.145. The maximum atomic E-state index is 13.5. The summed E-state index contributed by atoms with van der Waals surface area (Å²) in [6.07, 6.45) is 1.37. The molecule has 0 saturated heterocycles. The van der Waals surface area contributed by atoms with Gasteiger partial charge in [0.15, 0.2) is 6.04 Å². The Balaban J connectivity index is 2.97. The van der Waals surface area contributed by atoms with Crippen molar-refractivity contribution in [3.8, 4) is 0 Å². The Kier molecular flexibility index (Phi) is 10.9. The van der Waals surface area contributed by atoms with Gasteiger partial charge in [0.1, 0.15) is 5.29 Å². The van der Waals surface area contributed by atoms with E-state index in [9.17, 15) is 14.4 Å². The monoisotopic (exact) mass is 496 g/mol. The number of ether oxygens (including phenoxy) is 2. The van der Waals surface area contributed by atoms with Crippen molar-refractivity contribution in [1.82, 2.24) is 0 Å². The molecule has 1 aromatic rings. The van der Waals surface area contributed by atoms with Crippen molar-refractivity contribution in [2.24, 2.45) is 4.99 Å². The number of carbonyl (C=O) groups excluding carboxylic acids is 3. The van der Waals surface area contributed by atoms with Gasteiger partial charge in [0, 0.05) is 6.21 Å². The maximum absolute atomic E-state index is 13.5. The predicted molar refractivity (Wildman–Crippen MR) is 131 cm³/mol. The fourth-order valence-corrected chi connectivity index (χ4v) is 5.95. The van der Waals surface area contributed by atoms with Crippen LogP contribution in [0.4, 0.5) is 11.4 Å². The van der Waals surface area contributed by atoms with Gasteiger partial charge < -0.3 is 23.0 Å². The summed E-state index contributed by atoms with van der Waals surface area (Å²) in [6.45, 7) is 8.84. The summed E-state index contributed by atoms with van der Waals surface area (Å²) in [5, 5.41) is -0.233. The van der Waals surface area contributed by atoms with Gasteiger partial charge in [-0.25, -0.2) is 9.59 Å². The van der Waals surface area contributed by atoms with Gasteiger partial charge in [0.25, 0.3) is 7.57 Å². The van der Waals surface area contributed by atoms with E-state index in [0.717, 1.165) is 0 Å². The Morgan fingerprint density at radius 3 is 2.09 bits per heavy atom. The smallest absolute Gasteiger partial charge is 0.343 e. The van der Waals surface area contributed by atoms with Crippen molar-refractivity contribution in [2.75, 3.05) is 37.9 Å². The fraction of sp³-hybridized carbons (Fsp3) is 0.522. The summed E-state index contributed by atoms with van der Waals surface area (Å²) in [5.74, 6) is -2.16. The van der Waals surface area contributed by atoms with E-state index in [4.69, 9.17) is 23.0 Å². The molecule has 0 saturated carbocycles. The average molecular weight is 496 g/mol. The van der Waals surface area contributed by atoms with Crippen LogP contribution in [-0.4, -0.2) is 68.4 Å². The zero-order valence-corrected chi connectivity index (χ0v) is 21.2.